The second kappa shape index (κ2) is 10.5. The smallest absolute Gasteiger partial charge is 0.115 e. The van der Waals surface area contributed by atoms with Gasteiger partial charge in [-0.15, -0.1) is 0 Å². The predicted molar refractivity (Wildman–Crippen MR) is 63.0 cm³/mol. The molecule has 0 atom stereocenters. The van der Waals surface area contributed by atoms with E-state index < -0.39 is 0 Å². The van der Waals surface area contributed by atoms with E-state index in [1.54, 1.807) is 0 Å². The van der Waals surface area contributed by atoms with Crippen LogP contribution in [-0.2, 0) is 23.7 Å². The molecule has 5 nitrogen and oxygen atoms in total. The van der Waals surface area contributed by atoms with Gasteiger partial charge in [-0.2, -0.15) is 0 Å². The van der Waals surface area contributed by atoms with Crippen molar-refractivity contribution in [3.63, 3.8) is 0 Å². The van der Waals surface area contributed by atoms with Gasteiger partial charge in [0.05, 0.1) is 33.0 Å². The monoisotopic (exact) mass is 246 g/mol. The summed E-state index contributed by atoms with van der Waals surface area (Å²) >= 11 is 0. The SMILES string of the molecule is C=C1COCCCOCCOCCOCCO1. The van der Waals surface area contributed by atoms with Crippen molar-refractivity contribution in [2.75, 3.05) is 59.5 Å². The van der Waals surface area contributed by atoms with Crippen LogP contribution in [0.15, 0.2) is 12.3 Å². The van der Waals surface area contributed by atoms with Crippen LogP contribution in [0, 0.1) is 0 Å². The molecule has 0 saturated carbocycles. The quantitative estimate of drug-likeness (QED) is 0.638. The maximum atomic E-state index is 5.37. The third kappa shape index (κ3) is 9.12. The van der Waals surface area contributed by atoms with Crippen molar-refractivity contribution in [2.45, 2.75) is 6.42 Å². The van der Waals surface area contributed by atoms with Gasteiger partial charge in [-0.25, -0.2) is 0 Å². The van der Waals surface area contributed by atoms with Gasteiger partial charge in [0.1, 0.15) is 19.0 Å². The van der Waals surface area contributed by atoms with Crippen LogP contribution in [0.5, 0.6) is 0 Å². The summed E-state index contributed by atoms with van der Waals surface area (Å²) in [6.45, 7) is 8.97. The molecule has 1 rings (SSSR count). The molecule has 0 N–H and O–H groups in total. The lowest BCUT2D eigenvalue weighted by molar-refractivity contribution is -0.00675. The molecule has 1 saturated heterocycles. The van der Waals surface area contributed by atoms with E-state index in [0.29, 0.717) is 65.2 Å². The Balaban J connectivity index is 2.11. The third-order valence-corrected chi connectivity index (χ3v) is 2.12. The van der Waals surface area contributed by atoms with Crippen LogP contribution in [0.4, 0.5) is 0 Å². The van der Waals surface area contributed by atoms with Gasteiger partial charge in [0.25, 0.3) is 0 Å². The van der Waals surface area contributed by atoms with Crippen molar-refractivity contribution in [3.8, 4) is 0 Å². The largest absolute Gasteiger partial charge is 0.494 e. The van der Waals surface area contributed by atoms with E-state index in [-0.39, 0.29) is 0 Å². The van der Waals surface area contributed by atoms with E-state index in [1.807, 2.05) is 0 Å². The topological polar surface area (TPSA) is 46.2 Å². The molecule has 1 aliphatic heterocycles. The van der Waals surface area contributed by atoms with Gasteiger partial charge in [-0.3, -0.25) is 0 Å². The van der Waals surface area contributed by atoms with E-state index in [4.69, 9.17) is 23.7 Å². The van der Waals surface area contributed by atoms with E-state index in [9.17, 15) is 0 Å². The molecule has 0 radical (unpaired) electrons. The average Bonchev–Trinajstić information content (AvgIpc) is 2.32. The van der Waals surface area contributed by atoms with Gasteiger partial charge in [-0.05, 0) is 6.42 Å². The minimum atomic E-state index is 0.434. The molecule has 0 bridgehead atoms. The number of rotatable bonds is 0. The summed E-state index contributed by atoms with van der Waals surface area (Å²) in [7, 11) is 0. The van der Waals surface area contributed by atoms with E-state index in [0.717, 1.165) is 6.42 Å². The Hall–Kier alpha value is -0.620. The molecule has 1 aliphatic rings. The highest BCUT2D eigenvalue weighted by molar-refractivity contribution is 4.81. The fourth-order valence-corrected chi connectivity index (χ4v) is 1.28. The number of hydrogen-bond acceptors (Lipinski definition) is 5. The van der Waals surface area contributed by atoms with Crippen molar-refractivity contribution in [3.05, 3.63) is 12.3 Å². The molecule has 0 aromatic rings. The van der Waals surface area contributed by atoms with Gasteiger partial charge >= 0.3 is 0 Å². The fourth-order valence-electron chi connectivity index (χ4n) is 1.28. The van der Waals surface area contributed by atoms with Crippen LogP contribution in [0.2, 0.25) is 0 Å². The van der Waals surface area contributed by atoms with Crippen molar-refractivity contribution in [2.24, 2.45) is 0 Å². The van der Waals surface area contributed by atoms with Gasteiger partial charge in [-0.1, -0.05) is 6.58 Å². The fraction of sp³-hybridized carbons (Fsp3) is 0.833. The predicted octanol–water partition coefficient (Wildman–Crippen LogP) is 0.987. The molecule has 100 valence electrons. The minimum Gasteiger partial charge on any atom is -0.494 e. The first-order valence-corrected chi connectivity index (χ1v) is 6.01. The summed E-state index contributed by atoms with van der Waals surface area (Å²) in [5, 5.41) is 0. The molecule has 0 aromatic heterocycles. The first kappa shape index (κ1) is 14.4. The molecule has 1 heterocycles. The lowest BCUT2D eigenvalue weighted by Crippen LogP contribution is -2.14. The lowest BCUT2D eigenvalue weighted by Gasteiger charge is -2.11. The van der Waals surface area contributed by atoms with Gasteiger partial charge in [0.15, 0.2) is 0 Å². The Morgan fingerprint density at radius 1 is 0.647 bits per heavy atom. The highest BCUT2D eigenvalue weighted by atomic mass is 16.6. The second-order valence-corrected chi connectivity index (χ2v) is 3.63. The zero-order chi connectivity index (χ0) is 12.2. The van der Waals surface area contributed by atoms with Crippen molar-refractivity contribution in [1.29, 1.82) is 0 Å². The van der Waals surface area contributed by atoms with Gasteiger partial charge < -0.3 is 23.7 Å². The van der Waals surface area contributed by atoms with Gasteiger partial charge in [0.2, 0.25) is 0 Å². The third-order valence-electron chi connectivity index (χ3n) is 2.12. The van der Waals surface area contributed by atoms with Crippen LogP contribution < -0.4 is 0 Å². The first-order valence-electron chi connectivity index (χ1n) is 6.01. The summed E-state index contributed by atoms with van der Waals surface area (Å²) in [4.78, 5) is 0. The minimum absolute atomic E-state index is 0.434. The molecule has 0 aliphatic carbocycles. The van der Waals surface area contributed by atoms with Crippen molar-refractivity contribution >= 4 is 0 Å². The zero-order valence-corrected chi connectivity index (χ0v) is 10.3. The Bertz CT molecular complexity index is 177. The highest BCUT2D eigenvalue weighted by Gasteiger charge is 1.98. The van der Waals surface area contributed by atoms with Crippen LogP contribution in [0.3, 0.4) is 0 Å². The normalized spacial score (nSPS) is 22.9. The summed E-state index contributed by atoms with van der Waals surface area (Å²) in [5.74, 6) is 0.637. The van der Waals surface area contributed by atoms with E-state index in [1.165, 1.54) is 0 Å². The Morgan fingerprint density at radius 3 is 1.88 bits per heavy atom. The highest BCUT2D eigenvalue weighted by Crippen LogP contribution is 1.96. The molecule has 0 unspecified atom stereocenters. The van der Waals surface area contributed by atoms with Crippen LogP contribution in [0.25, 0.3) is 0 Å². The van der Waals surface area contributed by atoms with Crippen LogP contribution in [-0.4, -0.2) is 59.5 Å². The average molecular weight is 246 g/mol. The Morgan fingerprint density at radius 2 is 1.18 bits per heavy atom. The standard InChI is InChI=1S/C12H22O5/c1-12-11-16-4-2-3-13-5-6-14-7-8-15-9-10-17-12/h1-11H2. The lowest BCUT2D eigenvalue weighted by atomic mass is 10.5. The Labute approximate surface area is 103 Å². The molecular formula is C12H22O5. The van der Waals surface area contributed by atoms with Crippen molar-refractivity contribution in [1.82, 2.24) is 0 Å². The summed E-state index contributed by atoms with van der Waals surface area (Å²) in [5.41, 5.74) is 0. The van der Waals surface area contributed by atoms with Gasteiger partial charge in [0, 0.05) is 13.2 Å². The molecule has 1 fully saturated rings. The van der Waals surface area contributed by atoms with E-state index >= 15 is 0 Å². The van der Waals surface area contributed by atoms with Crippen LogP contribution >= 0.6 is 0 Å². The first-order chi connectivity index (χ1) is 8.39. The van der Waals surface area contributed by atoms with Crippen molar-refractivity contribution < 1.29 is 23.7 Å². The molecule has 17 heavy (non-hydrogen) atoms. The van der Waals surface area contributed by atoms with E-state index in [2.05, 4.69) is 6.58 Å². The second-order valence-electron chi connectivity index (χ2n) is 3.63. The molecule has 0 aromatic carbocycles. The summed E-state index contributed by atoms with van der Waals surface area (Å²) in [6.07, 6.45) is 0.871. The number of ether oxygens (including phenoxy) is 5. The molecular weight excluding hydrogens is 224 g/mol. The number of hydrogen-bond donors (Lipinski definition) is 0. The Kier molecular flexibility index (Phi) is 8.94. The summed E-state index contributed by atoms with van der Waals surface area (Å²) in [6, 6.07) is 0. The zero-order valence-electron chi connectivity index (χ0n) is 10.3. The molecule has 0 spiro atoms. The molecule has 5 heteroatoms. The maximum Gasteiger partial charge on any atom is 0.115 e. The maximum absolute atomic E-state index is 5.37. The molecule has 0 amide bonds. The van der Waals surface area contributed by atoms with Crippen LogP contribution in [0.1, 0.15) is 6.42 Å². The summed E-state index contributed by atoms with van der Waals surface area (Å²) < 4.78 is 26.7.